The van der Waals surface area contributed by atoms with Gasteiger partial charge in [-0.05, 0) is 66.6 Å². The zero-order valence-corrected chi connectivity index (χ0v) is 14.7. The van der Waals surface area contributed by atoms with Crippen LogP contribution in [0.5, 0.6) is 5.75 Å². The van der Waals surface area contributed by atoms with Crippen molar-refractivity contribution in [2.75, 3.05) is 5.43 Å². The van der Waals surface area contributed by atoms with Crippen LogP contribution in [0.4, 0.5) is 5.69 Å². The molecule has 0 unspecified atom stereocenters. The Morgan fingerprint density at radius 2 is 1.60 bits per heavy atom. The van der Waals surface area contributed by atoms with Crippen molar-refractivity contribution in [3.63, 3.8) is 0 Å². The summed E-state index contributed by atoms with van der Waals surface area (Å²) in [7, 11) is 0. The quantitative estimate of drug-likeness (QED) is 0.458. The summed E-state index contributed by atoms with van der Waals surface area (Å²) in [4.78, 5) is 0. The van der Waals surface area contributed by atoms with Crippen LogP contribution in [-0.2, 0) is 6.61 Å². The first-order valence-corrected chi connectivity index (χ1v) is 8.40. The molecule has 126 valence electrons. The highest BCUT2D eigenvalue weighted by molar-refractivity contribution is 6.30. The van der Waals surface area contributed by atoms with Crippen molar-refractivity contribution in [3.8, 4) is 5.75 Å². The fraction of sp³-hybridized carbons (Fsp3) is 0.0952. The molecule has 0 amide bonds. The molecule has 3 nitrogen and oxygen atoms in total. The zero-order chi connectivity index (χ0) is 17.5. The Morgan fingerprint density at radius 3 is 2.28 bits per heavy atom. The first-order valence-electron chi connectivity index (χ1n) is 8.02. The van der Waals surface area contributed by atoms with Crippen LogP contribution in [0.1, 0.15) is 16.7 Å². The summed E-state index contributed by atoms with van der Waals surface area (Å²) in [6.45, 7) is 2.64. The lowest BCUT2D eigenvalue weighted by atomic mass is 10.2. The lowest BCUT2D eigenvalue weighted by molar-refractivity contribution is 0.306. The summed E-state index contributed by atoms with van der Waals surface area (Å²) in [5.41, 5.74) is 7.25. The van der Waals surface area contributed by atoms with Crippen LogP contribution in [0.3, 0.4) is 0 Å². The van der Waals surface area contributed by atoms with Crippen molar-refractivity contribution in [2.24, 2.45) is 5.10 Å². The number of halogens is 1. The molecular formula is C21H19ClN2O. The normalized spacial score (nSPS) is 10.8. The third-order valence-electron chi connectivity index (χ3n) is 3.66. The largest absolute Gasteiger partial charge is 0.489 e. The van der Waals surface area contributed by atoms with E-state index in [1.54, 1.807) is 6.21 Å². The third-order valence-corrected chi connectivity index (χ3v) is 3.91. The van der Waals surface area contributed by atoms with Gasteiger partial charge >= 0.3 is 0 Å². The second kappa shape index (κ2) is 8.36. The van der Waals surface area contributed by atoms with E-state index in [4.69, 9.17) is 16.3 Å². The molecule has 0 saturated carbocycles. The summed E-state index contributed by atoms with van der Waals surface area (Å²) in [6.07, 6.45) is 1.76. The molecular weight excluding hydrogens is 332 g/mol. The predicted molar refractivity (Wildman–Crippen MR) is 105 cm³/mol. The minimum Gasteiger partial charge on any atom is -0.489 e. The molecule has 0 saturated heterocycles. The maximum absolute atomic E-state index is 5.85. The summed E-state index contributed by atoms with van der Waals surface area (Å²) < 4.78 is 5.80. The predicted octanol–water partition coefficient (Wildman–Crippen LogP) is 5.67. The van der Waals surface area contributed by atoms with E-state index in [-0.39, 0.29) is 0 Å². The molecule has 0 aliphatic carbocycles. The molecule has 0 heterocycles. The van der Waals surface area contributed by atoms with Crippen LogP contribution in [0.25, 0.3) is 0 Å². The van der Waals surface area contributed by atoms with E-state index in [0.717, 1.165) is 22.6 Å². The van der Waals surface area contributed by atoms with Crippen molar-refractivity contribution >= 4 is 23.5 Å². The van der Waals surface area contributed by atoms with Crippen LogP contribution in [-0.4, -0.2) is 6.21 Å². The van der Waals surface area contributed by atoms with E-state index in [0.29, 0.717) is 11.6 Å². The van der Waals surface area contributed by atoms with Gasteiger partial charge in [0.25, 0.3) is 0 Å². The molecule has 3 aromatic rings. The number of benzene rings is 3. The standard InChI is InChI=1S/C21H19ClN2O/c1-16-2-4-18(5-3-16)15-25-21-12-6-17(7-13-21)14-23-24-20-10-8-19(22)9-11-20/h2-14,24H,15H2,1H3/b23-14-. The highest BCUT2D eigenvalue weighted by Gasteiger charge is 1.97. The molecule has 3 rings (SSSR count). The van der Waals surface area contributed by atoms with Crippen molar-refractivity contribution in [1.29, 1.82) is 0 Å². The third kappa shape index (κ3) is 5.37. The average molecular weight is 351 g/mol. The zero-order valence-electron chi connectivity index (χ0n) is 13.9. The molecule has 25 heavy (non-hydrogen) atoms. The monoisotopic (exact) mass is 350 g/mol. The van der Waals surface area contributed by atoms with Gasteiger partial charge in [-0.15, -0.1) is 0 Å². The summed E-state index contributed by atoms with van der Waals surface area (Å²) in [5.74, 6) is 0.836. The van der Waals surface area contributed by atoms with Gasteiger partial charge in [-0.25, -0.2) is 0 Å². The van der Waals surface area contributed by atoms with Crippen molar-refractivity contribution < 1.29 is 4.74 Å². The van der Waals surface area contributed by atoms with Crippen molar-refractivity contribution in [3.05, 3.63) is 94.5 Å². The lowest BCUT2D eigenvalue weighted by Gasteiger charge is -2.07. The first-order chi connectivity index (χ1) is 12.2. The van der Waals surface area contributed by atoms with E-state index in [2.05, 4.69) is 41.7 Å². The second-order valence-electron chi connectivity index (χ2n) is 5.72. The molecule has 4 heteroatoms. The molecule has 0 aromatic heterocycles. The minimum atomic E-state index is 0.561. The van der Waals surface area contributed by atoms with E-state index >= 15 is 0 Å². The number of ether oxygens (including phenoxy) is 1. The van der Waals surface area contributed by atoms with Gasteiger partial charge < -0.3 is 4.74 Å². The van der Waals surface area contributed by atoms with E-state index in [9.17, 15) is 0 Å². The lowest BCUT2D eigenvalue weighted by Crippen LogP contribution is -1.95. The molecule has 0 radical (unpaired) electrons. The highest BCUT2D eigenvalue weighted by atomic mass is 35.5. The van der Waals surface area contributed by atoms with Crippen molar-refractivity contribution in [2.45, 2.75) is 13.5 Å². The smallest absolute Gasteiger partial charge is 0.119 e. The van der Waals surface area contributed by atoms with Gasteiger partial charge in [-0.3, -0.25) is 5.43 Å². The van der Waals surface area contributed by atoms with Crippen LogP contribution in [0.15, 0.2) is 77.9 Å². The van der Waals surface area contributed by atoms with Gasteiger partial charge in [0.15, 0.2) is 0 Å². The van der Waals surface area contributed by atoms with Crippen LogP contribution in [0, 0.1) is 6.92 Å². The average Bonchev–Trinajstić information content (AvgIpc) is 2.64. The molecule has 0 bridgehead atoms. The van der Waals surface area contributed by atoms with Gasteiger partial charge in [0.1, 0.15) is 12.4 Å². The number of anilines is 1. The Morgan fingerprint density at radius 1 is 0.920 bits per heavy atom. The van der Waals surface area contributed by atoms with Gasteiger partial charge in [0.05, 0.1) is 11.9 Å². The van der Waals surface area contributed by atoms with E-state index in [1.165, 1.54) is 5.56 Å². The van der Waals surface area contributed by atoms with Gasteiger partial charge in [-0.1, -0.05) is 41.4 Å². The Kier molecular flexibility index (Phi) is 5.70. The minimum absolute atomic E-state index is 0.561. The van der Waals surface area contributed by atoms with Gasteiger partial charge in [0, 0.05) is 5.02 Å². The maximum atomic E-state index is 5.85. The fourth-order valence-corrected chi connectivity index (χ4v) is 2.33. The summed E-state index contributed by atoms with van der Waals surface area (Å²) >= 11 is 5.85. The van der Waals surface area contributed by atoms with Gasteiger partial charge in [0.2, 0.25) is 0 Å². The number of hydrogen-bond acceptors (Lipinski definition) is 3. The SMILES string of the molecule is Cc1ccc(COc2ccc(/C=N\Nc3ccc(Cl)cc3)cc2)cc1. The molecule has 0 aliphatic rings. The molecule has 0 fully saturated rings. The Balaban J connectivity index is 1.52. The fourth-order valence-electron chi connectivity index (χ4n) is 2.21. The summed E-state index contributed by atoms with van der Waals surface area (Å²) in [5, 5.41) is 4.92. The van der Waals surface area contributed by atoms with Crippen LogP contribution >= 0.6 is 11.6 Å². The maximum Gasteiger partial charge on any atom is 0.119 e. The Labute approximate surface area is 152 Å². The topological polar surface area (TPSA) is 33.6 Å². The number of nitrogens with one attached hydrogen (secondary N) is 1. The molecule has 1 N–H and O–H groups in total. The highest BCUT2D eigenvalue weighted by Crippen LogP contribution is 2.15. The number of nitrogens with zero attached hydrogens (tertiary/aromatic N) is 1. The van der Waals surface area contributed by atoms with Crippen molar-refractivity contribution in [1.82, 2.24) is 0 Å². The molecule has 3 aromatic carbocycles. The van der Waals surface area contributed by atoms with Crippen LogP contribution in [0.2, 0.25) is 5.02 Å². The molecule has 0 atom stereocenters. The number of hydrogen-bond donors (Lipinski definition) is 1. The van der Waals surface area contributed by atoms with E-state index in [1.807, 2.05) is 48.5 Å². The first kappa shape index (κ1) is 17.1. The Hall–Kier alpha value is -2.78. The molecule has 0 aliphatic heterocycles. The van der Waals surface area contributed by atoms with Crippen LogP contribution < -0.4 is 10.2 Å². The number of aryl methyl sites for hydroxylation is 1. The molecule has 0 spiro atoms. The van der Waals surface area contributed by atoms with Gasteiger partial charge in [-0.2, -0.15) is 5.10 Å². The Bertz CT molecular complexity index is 825. The summed E-state index contributed by atoms with van der Waals surface area (Å²) in [6, 6.07) is 23.6. The number of hydrazone groups is 1. The second-order valence-corrected chi connectivity index (χ2v) is 6.16. The number of rotatable bonds is 6. The van der Waals surface area contributed by atoms with E-state index < -0.39 is 0 Å².